The van der Waals surface area contributed by atoms with E-state index in [9.17, 15) is 0 Å². The maximum atomic E-state index is 2.23. The summed E-state index contributed by atoms with van der Waals surface area (Å²) in [6.07, 6.45) is 2.11. The SMILES string of the molecule is C1=CN(c2ccccc2)CS1. The Labute approximate surface area is 70.7 Å². The van der Waals surface area contributed by atoms with Crippen molar-refractivity contribution in [3.05, 3.63) is 41.9 Å². The van der Waals surface area contributed by atoms with Gasteiger partial charge in [0, 0.05) is 11.9 Å². The Morgan fingerprint density at radius 3 is 2.64 bits per heavy atom. The third kappa shape index (κ3) is 1.40. The van der Waals surface area contributed by atoms with Crippen molar-refractivity contribution in [3.63, 3.8) is 0 Å². The van der Waals surface area contributed by atoms with Gasteiger partial charge in [0.15, 0.2) is 0 Å². The van der Waals surface area contributed by atoms with Crippen molar-refractivity contribution >= 4 is 17.4 Å². The zero-order valence-corrected chi connectivity index (χ0v) is 6.92. The van der Waals surface area contributed by atoms with Crippen LogP contribution in [0, 0.1) is 0 Å². The van der Waals surface area contributed by atoms with Crippen LogP contribution in [0.1, 0.15) is 0 Å². The highest BCUT2D eigenvalue weighted by molar-refractivity contribution is 8.02. The van der Waals surface area contributed by atoms with E-state index in [-0.39, 0.29) is 0 Å². The fraction of sp³-hybridized carbons (Fsp3) is 0.111. The van der Waals surface area contributed by atoms with E-state index < -0.39 is 0 Å². The Kier molecular flexibility index (Phi) is 1.86. The summed E-state index contributed by atoms with van der Waals surface area (Å²) < 4.78 is 0. The number of thioether (sulfide) groups is 1. The van der Waals surface area contributed by atoms with E-state index >= 15 is 0 Å². The van der Waals surface area contributed by atoms with Gasteiger partial charge in [-0.1, -0.05) is 18.2 Å². The molecule has 2 rings (SSSR count). The molecule has 0 N–H and O–H groups in total. The molecule has 1 aromatic rings. The van der Waals surface area contributed by atoms with Gasteiger partial charge in [-0.25, -0.2) is 0 Å². The maximum Gasteiger partial charge on any atom is 0.0723 e. The molecule has 11 heavy (non-hydrogen) atoms. The lowest BCUT2D eigenvalue weighted by molar-refractivity contribution is 1.19. The predicted molar refractivity (Wildman–Crippen MR) is 50.5 cm³/mol. The van der Waals surface area contributed by atoms with Crippen LogP contribution in [-0.4, -0.2) is 5.88 Å². The summed E-state index contributed by atoms with van der Waals surface area (Å²) in [5, 5.41) is 2.12. The molecule has 1 aliphatic heterocycles. The lowest BCUT2D eigenvalue weighted by atomic mass is 10.3. The molecule has 0 unspecified atom stereocenters. The Morgan fingerprint density at radius 2 is 2.00 bits per heavy atom. The van der Waals surface area contributed by atoms with Crippen LogP contribution < -0.4 is 4.90 Å². The molecule has 1 nitrogen and oxygen atoms in total. The van der Waals surface area contributed by atoms with Crippen LogP contribution in [0.25, 0.3) is 0 Å². The van der Waals surface area contributed by atoms with Gasteiger partial charge in [-0.2, -0.15) is 0 Å². The number of rotatable bonds is 1. The standard InChI is InChI=1S/C9H9NS/c1-2-4-9(5-3-1)10-6-7-11-8-10/h1-7H,8H2. The van der Waals surface area contributed by atoms with Gasteiger partial charge in [-0.15, -0.1) is 11.8 Å². The zero-order valence-electron chi connectivity index (χ0n) is 6.10. The molecule has 0 bridgehead atoms. The van der Waals surface area contributed by atoms with E-state index in [2.05, 4.69) is 40.8 Å². The van der Waals surface area contributed by atoms with Gasteiger partial charge in [-0.05, 0) is 17.5 Å². The molecule has 0 aromatic heterocycles. The molecule has 2 heteroatoms. The summed E-state index contributed by atoms with van der Waals surface area (Å²) >= 11 is 1.82. The summed E-state index contributed by atoms with van der Waals surface area (Å²) in [5.74, 6) is 1.05. The predicted octanol–water partition coefficient (Wildman–Crippen LogP) is 2.67. The number of hydrogen-bond donors (Lipinski definition) is 0. The minimum Gasteiger partial charge on any atom is -0.337 e. The highest BCUT2D eigenvalue weighted by atomic mass is 32.2. The Morgan fingerprint density at radius 1 is 1.18 bits per heavy atom. The molecule has 0 saturated carbocycles. The Bertz CT molecular complexity index is 256. The Hall–Kier alpha value is -0.890. The molecule has 0 saturated heterocycles. The van der Waals surface area contributed by atoms with Crippen LogP contribution in [0.3, 0.4) is 0 Å². The number of benzene rings is 1. The normalized spacial score (nSPS) is 15.8. The largest absolute Gasteiger partial charge is 0.337 e. The van der Waals surface area contributed by atoms with Gasteiger partial charge >= 0.3 is 0 Å². The average molecular weight is 163 g/mol. The van der Waals surface area contributed by atoms with Crippen LogP contribution in [-0.2, 0) is 0 Å². The van der Waals surface area contributed by atoms with Gasteiger partial charge in [0.1, 0.15) is 0 Å². The third-order valence-electron chi connectivity index (χ3n) is 1.64. The first-order chi connectivity index (χ1) is 5.47. The van der Waals surface area contributed by atoms with E-state index in [4.69, 9.17) is 0 Å². The van der Waals surface area contributed by atoms with Crippen LogP contribution in [0.5, 0.6) is 0 Å². The first-order valence-corrected chi connectivity index (χ1v) is 4.62. The van der Waals surface area contributed by atoms with E-state index in [1.807, 2.05) is 17.8 Å². The van der Waals surface area contributed by atoms with Crippen molar-refractivity contribution in [3.8, 4) is 0 Å². The lowest BCUT2D eigenvalue weighted by Crippen LogP contribution is -2.09. The molecule has 0 amide bonds. The lowest BCUT2D eigenvalue weighted by Gasteiger charge is -2.13. The smallest absolute Gasteiger partial charge is 0.0723 e. The van der Waals surface area contributed by atoms with Gasteiger partial charge in [0.2, 0.25) is 0 Å². The molecular weight excluding hydrogens is 154 g/mol. The fourth-order valence-electron chi connectivity index (χ4n) is 1.06. The molecule has 1 aromatic carbocycles. The summed E-state index contributed by atoms with van der Waals surface area (Å²) in [6, 6.07) is 10.4. The van der Waals surface area contributed by atoms with E-state index in [0.717, 1.165) is 5.88 Å². The first kappa shape index (κ1) is 6.80. The minimum absolute atomic E-state index is 1.05. The van der Waals surface area contributed by atoms with Crippen LogP contribution in [0.15, 0.2) is 41.9 Å². The fourth-order valence-corrected chi connectivity index (χ4v) is 1.78. The van der Waals surface area contributed by atoms with Crippen molar-refractivity contribution < 1.29 is 0 Å². The Balaban J connectivity index is 2.23. The van der Waals surface area contributed by atoms with Crippen molar-refractivity contribution in [2.45, 2.75) is 0 Å². The van der Waals surface area contributed by atoms with Crippen molar-refractivity contribution in [2.75, 3.05) is 10.8 Å². The van der Waals surface area contributed by atoms with E-state index in [1.165, 1.54) is 5.69 Å². The topological polar surface area (TPSA) is 3.24 Å². The molecule has 1 aliphatic rings. The second-order valence-electron chi connectivity index (χ2n) is 2.39. The molecule has 0 spiro atoms. The molecule has 56 valence electrons. The molecule has 0 aliphatic carbocycles. The van der Waals surface area contributed by atoms with Crippen LogP contribution in [0.2, 0.25) is 0 Å². The van der Waals surface area contributed by atoms with E-state index in [0.29, 0.717) is 0 Å². The quantitative estimate of drug-likeness (QED) is 0.626. The molecule has 0 radical (unpaired) electrons. The number of anilines is 1. The van der Waals surface area contributed by atoms with E-state index in [1.54, 1.807) is 0 Å². The van der Waals surface area contributed by atoms with Crippen molar-refractivity contribution in [1.82, 2.24) is 0 Å². The summed E-state index contributed by atoms with van der Waals surface area (Å²) in [7, 11) is 0. The minimum atomic E-state index is 1.05. The molecule has 0 fully saturated rings. The van der Waals surface area contributed by atoms with Crippen molar-refractivity contribution in [1.29, 1.82) is 0 Å². The highest BCUT2D eigenvalue weighted by Gasteiger charge is 2.04. The third-order valence-corrected chi connectivity index (χ3v) is 2.38. The second-order valence-corrected chi connectivity index (χ2v) is 3.25. The maximum absolute atomic E-state index is 2.23. The van der Waals surface area contributed by atoms with Gasteiger partial charge in [0.25, 0.3) is 0 Å². The number of nitrogens with zero attached hydrogens (tertiary/aromatic N) is 1. The monoisotopic (exact) mass is 163 g/mol. The van der Waals surface area contributed by atoms with Crippen LogP contribution >= 0.6 is 11.8 Å². The van der Waals surface area contributed by atoms with Gasteiger partial charge in [-0.3, -0.25) is 0 Å². The molecular formula is C9H9NS. The van der Waals surface area contributed by atoms with Gasteiger partial charge < -0.3 is 4.90 Å². The van der Waals surface area contributed by atoms with Crippen LogP contribution in [0.4, 0.5) is 5.69 Å². The number of hydrogen-bond acceptors (Lipinski definition) is 2. The first-order valence-electron chi connectivity index (χ1n) is 3.57. The molecule has 0 atom stereocenters. The number of para-hydroxylation sites is 1. The summed E-state index contributed by atoms with van der Waals surface area (Å²) in [6.45, 7) is 0. The highest BCUT2D eigenvalue weighted by Crippen LogP contribution is 2.22. The molecule has 1 heterocycles. The summed E-state index contributed by atoms with van der Waals surface area (Å²) in [5.41, 5.74) is 1.27. The second kappa shape index (κ2) is 3.01. The van der Waals surface area contributed by atoms with Crippen molar-refractivity contribution in [2.24, 2.45) is 0 Å². The summed E-state index contributed by atoms with van der Waals surface area (Å²) in [4.78, 5) is 2.23. The average Bonchev–Trinajstić information content (AvgIpc) is 2.58. The zero-order chi connectivity index (χ0) is 7.52. The van der Waals surface area contributed by atoms with Gasteiger partial charge in [0.05, 0.1) is 5.88 Å².